The first-order valence-corrected chi connectivity index (χ1v) is 5.10. The second-order valence-electron chi connectivity index (χ2n) is 3.53. The summed E-state index contributed by atoms with van der Waals surface area (Å²) in [6.45, 7) is 4.31. The molecule has 14 heavy (non-hydrogen) atoms. The molecule has 2 nitrogen and oxygen atoms in total. The number of aliphatic hydroxyl groups is 1. The lowest BCUT2D eigenvalue weighted by Gasteiger charge is -2.24. The van der Waals surface area contributed by atoms with E-state index >= 15 is 0 Å². The quantitative estimate of drug-likeness (QED) is 0.780. The van der Waals surface area contributed by atoms with Crippen LogP contribution in [0.1, 0.15) is 26.7 Å². The molecule has 1 aromatic carbocycles. The summed E-state index contributed by atoms with van der Waals surface area (Å²) in [5, 5.41) is 9.97. The Labute approximate surface area is 85.5 Å². The molecule has 0 atom stereocenters. The fraction of sp³-hybridized carbons (Fsp3) is 0.500. The highest BCUT2D eigenvalue weighted by Crippen LogP contribution is 2.17. The molecule has 0 spiro atoms. The Morgan fingerprint density at radius 2 is 1.71 bits per heavy atom. The molecule has 0 bridgehead atoms. The Kier molecular flexibility index (Phi) is 3.96. The van der Waals surface area contributed by atoms with Crippen LogP contribution in [0, 0.1) is 0 Å². The van der Waals surface area contributed by atoms with Crippen LogP contribution in [0.2, 0.25) is 0 Å². The molecule has 0 aliphatic heterocycles. The molecule has 0 aliphatic rings. The largest absolute Gasteiger partial charge is 0.491 e. The van der Waals surface area contributed by atoms with Crippen LogP contribution >= 0.6 is 0 Å². The van der Waals surface area contributed by atoms with Crippen molar-refractivity contribution in [2.45, 2.75) is 32.3 Å². The van der Waals surface area contributed by atoms with E-state index in [-0.39, 0.29) is 0 Å². The summed E-state index contributed by atoms with van der Waals surface area (Å²) in [6, 6.07) is 9.58. The van der Waals surface area contributed by atoms with E-state index in [0.717, 1.165) is 18.6 Å². The van der Waals surface area contributed by atoms with Crippen LogP contribution in [0.4, 0.5) is 0 Å². The lowest BCUT2D eigenvalue weighted by molar-refractivity contribution is -0.0113. The normalized spacial score (nSPS) is 11.4. The molecule has 0 heterocycles. The molecule has 1 aromatic rings. The number of hydrogen-bond acceptors (Lipinski definition) is 2. The molecule has 0 radical (unpaired) electrons. The number of hydrogen-bond donors (Lipinski definition) is 1. The summed E-state index contributed by atoms with van der Waals surface area (Å²) in [5.74, 6) is 0.813. The summed E-state index contributed by atoms with van der Waals surface area (Å²) in [6.07, 6.45) is 1.44. The van der Waals surface area contributed by atoms with Crippen LogP contribution in [0.15, 0.2) is 30.3 Å². The maximum absolute atomic E-state index is 9.97. The molecule has 78 valence electrons. The van der Waals surface area contributed by atoms with E-state index < -0.39 is 5.60 Å². The van der Waals surface area contributed by atoms with Gasteiger partial charge in [0, 0.05) is 0 Å². The first kappa shape index (κ1) is 11.1. The van der Waals surface area contributed by atoms with Gasteiger partial charge in [-0.25, -0.2) is 0 Å². The monoisotopic (exact) mass is 194 g/mol. The predicted molar refractivity (Wildman–Crippen MR) is 57.5 cm³/mol. The smallest absolute Gasteiger partial charge is 0.119 e. The summed E-state index contributed by atoms with van der Waals surface area (Å²) in [5.41, 5.74) is -0.685. The summed E-state index contributed by atoms with van der Waals surface area (Å²) < 4.78 is 5.50. The number of ether oxygens (including phenoxy) is 1. The minimum absolute atomic E-state index is 0.365. The lowest BCUT2D eigenvalue weighted by Crippen LogP contribution is -2.34. The maximum atomic E-state index is 9.97. The van der Waals surface area contributed by atoms with Crippen molar-refractivity contribution < 1.29 is 9.84 Å². The van der Waals surface area contributed by atoms with Gasteiger partial charge in [-0.05, 0) is 25.0 Å². The molecule has 0 amide bonds. The summed E-state index contributed by atoms with van der Waals surface area (Å²) >= 11 is 0. The van der Waals surface area contributed by atoms with Gasteiger partial charge in [0.15, 0.2) is 0 Å². The second-order valence-corrected chi connectivity index (χ2v) is 3.53. The lowest BCUT2D eigenvalue weighted by atomic mass is 9.99. The molecule has 0 saturated carbocycles. The molecule has 1 N–H and O–H groups in total. The highest BCUT2D eigenvalue weighted by Gasteiger charge is 2.22. The molecular formula is C12H18O2. The Balaban J connectivity index is 2.48. The Morgan fingerprint density at radius 3 is 2.21 bits per heavy atom. The molecular weight excluding hydrogens is 176 g/mol. The SMILES string of the molecule is CCC(O)(CC)COc1ccccc1. The first-order chi connectivity index (χ1) is 6.70. The van der Waals surface area contributed by atoms with E-state index in [0.29, 0.717) is 6.61 Å². The molecule has 0 unspecified atom stereocenters. The zero-order valence-electron chi connectivity index (χ0n) is 8.86. The van der Waals surface area contributed by atoms with Gasteiger partial charge < -0.3 is 9.84 Å². The average Bonchev–Trinajstić information content (AvgIpc) is 2.27. The second kappa shape index (κ2) is 5.01. The Hall–Kier alpha value is -1.02. The van der Waals surface area contributed by atoms with Gasteiger partial charge in [-0.15, -0.1) is 0 Å². The fourth-order valence-corrected chi connectivity index (χ4v) is 1.19. The Morgan fingerprint density at radius 1 is 1.14 bits per heavy atom. The molecule has 0 aromatic heterocycles. The van der Waals surface area contributed by atoms with Gasteiger partial charge in [0.1, 0.15) is 12.4 Å². The van der Waals surface area contributed by atoms with Crippen LogP contribution in [0.25, 0.3) is 0 Å². The van der Waals surface area contributed by atoms with Gasteiger partial charge in [-0.1, -0.05) is 32.0 Å². The topological polar surface area (TPSA) is 29.5 Å². The molecule has 2 heteroatoms. The van der Waals surface area contributed by atoms with Gasteiger partial charge in [0.2, 0.25) is 0 Å². The highest BCUT2D eigenvalue weighted by molar-refractivity contribution is 5.21. The molecule has 0 aliphatic carbocycles. The minimum atomic E-state index is -0.685. The molecule has 0 saturated heterocycles. The van der Waals surface area contributed by atoms with E-state index in [9.17, 15) is 5.11 Å². The predicted octanol–water partition coefficient (Wildman–Crippen LogP) is 2.62. The van der Waals surface area contributed by atoms with Gasteiger partial charge in [0.25, 0.3) is 0 Å². The third-order valence-corrected chi connectivity index (χ3v) is 2.57. The third kappa shape index (κ3) is 3.04. The van der Waals surface area contributed by atoms with Gasteiger partial charge in [-0.3, -0.25) is 0 Å². The van der Waals surface area contributed by atoms with Gasteiger partial charge >= 0.3 is 0 Å². The standard InChI is InChI=1S/C12H18O2/c1-3-12(13,4-2)10-14-11-8-6-5-7-9-11/h5-9,13H,3-4,10H2,1-2H3. The van der Waals surface area contributed by atoms with Gasteiger partial charge in [-0.2, -0.15) is 0 Å². The van der Waals surface area contributed by atoms with Crippen LogP contribution in [0.5, 0.6) is 5.75 Å². The maximum Gasteiger partial charge on any atom is 0.119 e. The first-order valence-electron chi connectivity index (χ1n) is 5.10. The van der Waals surface area contributed by atoms with Crippen molar-refractivity contribution in [3.05, 3.63) is 30.3 Å². The molecule has 0 fully saturated rings. The van der Waals surface area contributed by atoms with E-state index in [4.69, 9.17) is 4.74 Å². The van der Waals surface area contributed by atoms with Crippen molar-refractivity contribution in [3.63, 3.8) is 0 Å². The van der Waals surface area contributed by atoms with Gasteiger partial charge in [0.05, 0.1) is 5.60 Å². The third-order valence-electron chi connectivity index (χ3n) is 2.57. The van der Waals surface area contributed by atoms with E-state index in [1.807, 2.05) is 44.2 Å². The average molecular weight is 194 g/mol. The van der Waals surface area contributed by atoms with E-state index in [2.05, 4.69) is 0 Å². The van der Waals surface area contributed by atoms with Crippen LogP contribution in [0.3, 0.4) is 0 Å². The van der Waals surface area contributed by atoms with Crippen molar-refractivity contribution in [3.8, 4) is 5.75 Å². The van der Waals surface area contributed by atoms with E-state index in [1.165, 1.54) is 0 Å². The zero-order chi connectivity index (χ0) is 10.4. The summed E-state index contributed by atoms with van der Waals surface area (Å²) in [7, 11) is 0. The van der Waals surface area contributed by atoms with Crippen LogP contribution in [-0.2, 0) is 0 Å². The number of para-hydroxylation sites is 1. The van der Waals surface area contributed by atoms with E-state index in [1.54, 1.807) is 0 Å². The van der Waals surface area contributed by atoms with Crippen molar-refractivity contribution in [1.29, 1.82) is 0 Å². The summed E-state index contributed by atoms with van der Waals surface area (Å²) in [4.78, 5) is 0. The highest BCUT2D eigenvalue weighted by atomic mass is 16.5. The van der Waals surface area contributed by atoms with Crippen molar-refractivity contribution in [1.82, 2.24) is 0 Å². The van der Waals surface area contributed by atoms with Crippen molar-refractivity contribution in [2.75, 3.05) is 6.61 Å². The minimum Gasteiger partial charge on any atom is -0.491 e. The Bertz CT molecular complexity index is 252. The molecule has 1 rings (SSSR count). The fourth-order valence-electron chi connectivity index (χ4n) is 1.19. The van der Waals surface area contributed by atoms with Crippen LogP contribution in [-0.4, -0.2) is 17.3 Å². The zero-order valence-corrected chi connectivity index (χ0v) is 8.86. The number of rotatable bonds is 5. The number of benzene rings is 1. The van der Waals surface area contributed by atoms with Crippen molar-refractivity contribution >= 4 is 0 Å². The van der Waals surface area contributed by atoms with Crippen molar-refractivity contribution in [2.24, 2.45) is 0 Å². The van der Waals surface area contributed by atoms with Crippen LogP contribution < -0.4 is 4.74 Å².